The van der Waals surface area contributed by atoms with E-state index in [1.54, 1.807) is 18.4 Å². The van der Waals surface area contributed by atoms with E-state index in [0.29, 0.717) is 19.0 Å². The minimum atomic E-state index is 0.389. The summed E-state index contributed by atoms with van der Waals surface area (Å²) in [5, 5.41) is 9.36. The Labute approximate surface area is 116 Å². The van der Waals surface area contributed by atoms with Crippen LogP contribution in [0.5, 0.6) is 0 Å². The van der Waals surface area contributed by atoms with Crippen molar-refractivity contribution in [3.05, 3.63) is 28.0 Å². The second-order valence-electron chi connectivity index (χ2n) is 3.95. The standard InChI is InChI=1S/C12H17N5OS/c1-8-15-9(7-19-8)5-14-11-4-10(13-2)16-12(17-11)6-18-3/h4,7H,5-6H2,1-3H3,(H2,13,14,16,17). The van der Waals surface area contributed by atoms with Crippen molar-refractivity contribution >= 4 is 23.0 Å². The van der Waals surface area contributed by atoms with E-state index < -0.39 is 0 Å². The first-order valence-corrected chi connectivity index (χ1v) is 6.78. The van der Waals surface area contributed by atoms with Gasteiger partial charge in [-0.1, -0.05) is 0 Å². The van der Waals surface area contributed by atoms with Crippen molar-refractivity contribution in [2.24, 2.45) is 0 Å². The maximum Gasteiger partial charge on any atom is 0.158 e. The summed E-state index contributed by atoms with van der Waals surface area (Å²) in [7, 11) is 3.45. The molecule has 0 aromatic carbocycles. The number of methoxy groups -OCH3 is 1. The Kier molecular flexibility index (Phi) is 4.64. The van der Waals surface area contributed by atoms with Gasteiger partial charge in [0.25, 0.3) is 0 Å². The predicted molar refractivity (Wildman–Crippen MR) is 76.5 cm³/mol. The maximum absolute atomic E-state index is 5.06. The molecule has 0 spiro atoms. The smallest absolute Gasteiger partial charge is 0.158 e. The molecule has 6 nitrogen and oxygen atoms in total. The number of thiazole rings is 1. The summed E-state index contributed by atoms with van der Waals surface area (Å²) in [6, 6.07) is 1.86. The van der Waals surface area contributed by atoms with Gasteiger partial charge in [-0.2, -0.15) is 0 Å². The molecule has 0 fully saturated rings. The number of aromatic nitrogens is 3. The second kappa shape index (κ2) is 6.44. The summed E-state index contributed by atoms with van der Waals surface area (Å²) < 4.78 is 5.06. The summed E-state index contributed by atoms with van der Waals surface area (Å²) in [5.41, 5.74) is 1.01. The van der Waals surface area contributed by atoms with E-state index in [2.05, 4.69) is 25.6 Å². The summed E-state index contributed by atoms with van der Waals surface area (Å²) >= 11 is 1.64. The van der Waals surface area contributed by atoms with E-state index >= 15 is 0 Å². The molecule has 0 bridgehead atoms. The minimum Gasteiger partial charge on any atom is -0.377 e. The molecule has 0 atom stereocenters. The number of hydrogen-bond acceptors (Lipinski definition) is 7. The van der Waals surface area contributed by atoms with E-state index in [4.69, 9.17) is 4.74 Å². The Balaban J connectivity index is 2.08. The molecule has 2 heterocycles. The van der Waals surface area contributed by atoms with Gasteiger partial charge in [-0.25, -0.2) is 15.0 Å². The van der Waals surface area contributed by atoms with E-state index in [1.165, 1.54) is 0 Å². The maximum atomic E-state index is 5.06. The second-order valence-corrected chi connectivity index (χ2v) is 5.01. The van der Waals surface area contributed by atoms with E-state index in [-0.39, 0.29) is 0 Å². The molecule has 7 heteroatoms. The van der Waals surface area contributed by atoms with Crippen LogP contribution in [-0.4, -0.2) is 29.1 Å². The molecular formula is C12H17N5OS. The molecule has 102 valence electrons. The number of ether oxygens (including phenoxy) is 1. The fraction of sp³-hybridized carbons (Fsp3) is 0.417. The van der Waals surface area contributed by atoms with Crippen LogP contribution in [0.25, 0.3) is 0 Å². The van der Waals surface area contributed by atoms with Crippen molar-refractivity contribution in [2.75, 3.05) is 24.8 Å². The fourth-order valence-corrected chi connectivity index (χ4v) is 2.19. The Morgan fingerprint density at radius 2 is 2.05 bits per heavy atom. The lowest BCUT2D eigenvalue weighted by Crippen LogP contribution is -2.07. The van der Waals surface area contributed by atoms with Crippen LogP contribution in [0.4, 0.5) is 11.6 Å². The summed E-state index contributed by atoms with van der Waals surface area (Å²) in [6.45, 7) is 3.03. The van der Waals surface area contributed by atoms with Crippen molar-refractivity contribution < 1.29 is 4.74 Å². The molecule has 0 aliphatic heterocycles. The summed E-state index contributed by atoms with van der Waals surface area (Å²) in [4.78, 5) is 13.1. The van der Waals surface area contributed by atoms with Crippen molar-refractivity contribution in [1.29, 1.82) is 0 Å². The molecule has 0 aliphatic carbocycles. The molecule has 0 radical (unpaired) electrons. The first kappa shape index (κ1) is 13.7. The molecule has 0 saturated carbocycles. The molecule has 2 N–H and O–H groups in total. The number of anilines is 2. The van der Waals surface area contributed by atoms with Gasteiger partial charge >= 0.3 is 0 Å². The zero-order valence-corrected chi connectivity index (χ0v) is 12.0. The van der Waals surface area contributed by atoms with E-state index in [0.717, 1.165) is 22.3 Å². The van der Waals surface area contributed by atoms with Gasteiger partial charge in [0.1, 0.15) is 18.2 Å². The first-order chi connectivity index (χ1) is 9.21. The van der Waals surface area contributed by atoms with Crippen LogP contribution in [0.3, 0.4) is 0 Å². The largest absolute Gasteiger partial charge is 0.377 e. The van der Waals surface area contributed by atoms with Crippen molar-refractivity contribution in [3.63, 3.8) is 0 Å². The lowest BCUT2D eigenvalue weighted by molar-refractivity contribution is 0.178. The minimum absolute atomic E-state index is 0.389. The van der Waals surface area contributed by atoms with E-state index in [9.17, 15) is 0 Å². The van der Waals surface area contributed by atoms with Crippen LogP contribution < -0.4 is 10.6 Å². The van der Waals surface area contributed by atoms with Gasteiger partial charge in [-0.15, -0.1) is 11.3 Å². The molecule has 19 heavy (non-hydrogen) atoms. The molecule has 0 unspecified atom stereocenters. The van der Waals surface area contributed by atoms with Crippen LogP contribution in [-0.2, 0) is 17.9 Å². The fourth-order valence-electron chi connectivity index (χ4n) is 1.58. The van der Waals surface area contributed by atoms with Gasteiger partial charge in [0, 0.05) is 25.6 Å². The zero-order chi connectivity index (χ0) is 13.7. The molecular weight excluding hydrogens is 262 g/mol. The number of nitrogens with zero attached hydrogens (tertiary/aromatic N) is 3. The normalized spacial score (nSPS) is 10.5. The number of hydrogen-bond donors (Lipinski definition) is 2. The summed E-state index contributed by atoms with van der Waals surface area (Å²) in [6.07, 6.45) is 0. The molecule has 2 rings (SSSR count). The number of rotatable bonds is 6. The molecule has 2 aromatic rings. The van der Waals surface area contributed by atoms with Crippen LogP contribution >= 0.6 is 11.3 Å². The van der Waals surface area contributed by atoms with Gasteiger partial charge in [0.05, 0.1) is 17.2 Å². The molecule has 0 saturated heterocycles. The van der Waals surface area contributed by atoms with Gasteiger partial charge in [0.2, 0.25) is 0 Å². The van der Waals surface area contributed by atoms with E-state index in [1.807, 2.05) is 25.4 Å². The molecule has 0 aliphatic rings. The molecule has 0 amide bonds. The highest BCUT2D eigenvalue weighted by atomic mass is 32.1. The highest BCUT2D eigenvalue weighted by Gasteiger charge is 2.04. The van der Waals surface area contributed by atoms with Crippen molar-refractivity contribution in [2.45, 2.75) is 20.1 Å². The Morgan fingerprint density at radius 3 is 2.68 bits per heavy atom. The van der Waals surface area contributed by atoms with Crippen molar-refractivity contribution in [1.82, 2.24) is 15.0 Å². The zero-order valence-electron chi connectivity index (χ0n) is 11.2. The van der Waals surface area contributed by atoms with Crippen LogP contribution in [0.15, 0.2) is 11.4 Å². The number of nitrogens with one attached hydrogen (secondary N) is 2. The SMILES string of the molecule is CNc1cc(NCc2csc(C)n2)nc(COC)n1. The monoisotopic (exact) mass is 279 g/mol. The van der Waals surface area contributed by atoms with Gasteiger partial charge in [-0.05, 0) is 6.92 Å². The van der Waals surface area contributed by atoms with Crippen LogP contribution in [0.1, 0.15) is 16.5 Å². The Hall–Kier alpha value is -1.73. The van der Waals surface area contributed by atoms with Gasteiger partial charge in [-0.3, -0.25) is 0 Å². The van der Waals surface area contributed by atoms with Crippen LogP contribution in [0, 0.1) is 6.92 Å². The van der Waals surface area contributed by atoms with Crippen molar-refractivity contribution in [3.8, 4) is 0 Å². The predicted octanol–water partition coefficient (Wildman–Crippen LogP) is 2.04. The van der Waals surface area contributed by atoms with Gasteiger partial charge < -0.3 is 15.4 Å². The lowest BCUT2D eigenvalue weighted by Gasteiger charge is -2.08. The number of aryl methyl sites for hydroxylation is 1. The van der Waals surface area contributed by atoms with Gasteiger partial charge in [0.15, 0.2) is 5.82 Å². The average Bonchev–Trinajstić information content (AvgIpc) is 2.82. The Morgan fingerprint density at radius 1 is 1.26 bits per heavy atom. The third kappa shape index (κ3) is 3.87. The highest BCUT2D eigenvalue weighted by molar-refractivity contribution is 7.09. The first-order valence-electron chi connectivity index (χ1n) is 5.91. The average molecular weight is 279 g/mol. The lowest BCUT2D eigenvalue weighted by atomic mass is 10.4. The Bertz CT molecular complexity index is 543. The van der Waals surface area contributed by atoms with Crippen LogP contribution in [0.2, 0.25) is 0 Å². The highest BCUT2D eigenvalue weighted by Crippen LogP contribution is 2.14. The summed E-state index contributed by atoms with van der Waals surface area (Å²) in [5.74, 6) is 2.17. The topological polar surface area (TPSA) is 72.0 Å². The third-order valence-electron chi connectivity index (χ3n) is 2.42. The third-order valence-corrected chi connectivity index (χ3v) is 3.24. The quantitative estimate of drug-likeness (QED) is 0.843. The molecule has 2 aromatic heterocycles.